The van der Waals surface area contributed by atoms with Crippen LogP contribution in [0.5, 0.6) is 0 Å². The molecule has 88 valence electrons. The highest BCUT2D eigenvalue weighted by molar-refractivity contribution is 8.27. The van der Waals surface area contributed by atoms with Crippen LogP contribution in [0.4, 0.5) is 0 Å². The molecular weight excluding hydrogens is 236 g/mol. The summed E-state index contributed by atoms with van der Waals surface area (Å²) >= 11 is 0.805. The Bertz CT molecular complexity index is 565. The van der Waals surface area contributed by atoms with E-state index in [4.69, 9.17) is 4.74 Å². The number of hydrogen-bond donors (Lipinski definition) is 0. The van der Waals surface area contributed by atoms with E-state index in [-0.39, 0.29) is 10.2 Å². The van der Waals surface area contributed by atoms with Gasteiger partial charge >= 0.3 is 0 Å². The van der Waals surface area contributed by atoms with Crippen molar-refractivity contribution in [1.29, 1.82) is 0 Å². The van der Waals surface area contributed by atoms with E-state index >= 15 is 0 Å². The van der Waals surface area contributed by atoms with Crippen LogP contribution in [0, 0.1) is 0 Å². The number of ether oxygens (including phenoxy) is 1. The van der Waals surface area contributed by atoms with Crippen molar-refractivity contribution in [2.75, 3.05) is 0 Å². The lowest BCUT2D eigenvalue weighted by Gasteiger charge is -2.31. The predicted molar refractivity (Wildman–Crippen MR) is 65.2 cm³/mol. The Morgan fingerprint density at radius 3 is 2.71 bits per heavy atom. The summed E-state index contributed by atoms with van der Waals surface area (Å²) < 4.78 is 5.81. The molecule has 0 saturated carbocycles. The van der Waals surface area contributed by atoms with Gasteiger partial charge in [-0.1, -0.05) is 0 Å². The molecule has 1 aliphatic carbocycles. The third-order valence-corrected chi connectivity index (χ3v) is 4.36. The highest BCUT2D eigenvalue weighted by Crippen LogP contribution is 2.49. The highest BCUT2D eigenvalue weighted by Gasteiger charge is 2.47. The van der Waals surface area contributed by atoms with Gasteiger partial charge < -0.3 is 4.74 Å². The first-order valence-electron chi connectivity index (χ1n) is 5.51. The number of thioether (sulfide) groups is 1. The van der Waals surface area contributed by atoms with Gasteiger partial charge in [-0.3, -0.25) is 9.59 Å². The Hall–Kier alpha value is -1.29. The van der Waals surface area contributed by atoms with Crippen molar-refractivity contribution in [3.05, 3.63) is 34.1 Å². The van der Waals surface area contributed by atoms with E-state index < -0.39 is 5.60 Å². The van der Waals surface area contributed by atoms with Crippen molar-refractivity contribution in [1.82, 2.24) is 0 Å². The third kappa shape index (κ3) is 1.30. The minimum Gasteiger partial charge on any atom is -0.487 e. The van der Waals surface area contributed by atoms with Crippen molar-refractivity contribution >= 4 is 22.0 Å². The molecule has 3 nitrogen and oxygen atoms in total. The first-order chi connectivity index (χ1) is 7.92. The molecule has 0 radical (unpaired) electrons. The lowest BCUT2D eigenvalue weighted by Crippen LogP contribution is -2.31. The second-order valence-electron chi connectivity index (χ2n) is 4.83. The molecule has 0 N–H and O–H groups in total. The van der Waals surface area contributed by atoms with E-state index in [1.807, 2.05) is 26.8 Å². The zero-order valence-corrected chi connectivity index (χ0v) is 10.7. The van der Waals surface area contributed by atoms with E-state index in [9.17, 15) is 9.59 Å². The maximum Gasteiger partial charge on any atom is 0.227 e. The van der Waals surface area contributed by atoms with Gasteiger partial charge in [-0.2, -0.15) is 0 Å². The molecule has 1 atom stereocenters. The van der Waals surface area contributed by atoms with Gasteiger partial charge in [-0.25, -0.2) is 0 Å². The molecule has 2 aliphatic heterocycles. The van der Waals surface area contributed by atoms with E-state index in [0.29, 0.717) is 17.6 Å². The summed E-state index contributed by atoms with van der Waals surface area (Å²) in [6.07, 6.45) is 2.47. The Labute approximate surface area is 104 Å². The summed E-state index contributed by atoms with van der Waals surface area (Å²) in [6.45, 7) is 5.77. The molecule has 2 heterocycles. The fraction of sp³-hybridized carbons (Fsp3) is 0.385. The molecule has 17 heavy (non-hydrogen) atoms. The lowest BCUT2D eigenvalue weighted by atomic mass is 9.78. The van der Waals surface area contributed by atoms with E-state index in [2.05, 4.69) is 0 Å². The lowest BCUT2D eigenvalue weighted by molar-refractivity contribution is -0.108. The quantitative estimate of drug-likeness (QED) is 0.660. The highest BCUT2D eigenvalue weighted by atomic mass is 32.2. The summed E-state index contributed by atoms with van der Waals surface area (Å²) in [5, 5.41) is -0.229. The zero-order valence-electron chi connectivity index (χ0n) is 9.92. The van der Waals surface area contributed by atoms with Crippen LogP contribution in [0.1, 0.15) is 27.2 Å². The zero-order chi connectivity index (χ0) is 12.4. The molecule has 3 aliphatic rings. The summed E-state index contributed by atoms with van der Waals surface area (Å²) in [7, 11) is 0. The first kappa shape index (κ1) is 10.8. The van der Waals surface area contributed by atoms with Crippen LogP contribution in [-0.4, -0.2) is 15.8 Å². The van der Waals surface area contributed by atoms with Crippen molar-refractivity contribution in [3.8, 4) is 0 Å². The molecule has 3 rings (SSSR count). The molecule has 0 aromatic rings. The van der Waals surface area contributed by atoms with Gasteiger partial charge in [-0.15, -0.1) is 0 Å². The standard InChI is InChI=1S/C13H12O3S/c1-6-4-9-7(2)10-8(5-13(9,3)16-6)11(14)17-12(10)15/h4H,5H2,1-3H3/t13-/m0/s1. The van der Waals surface area contributed by atoms with Gasteiger partial charge in [0.05, 0.1) is 5.76 Å². The predicted octanol–water partition coefficient (Wildman–Crippen LogP) is 2.50. The van der Waals surface area contributed by atoms with Crippen molar-refractivity contribution in [2.24, 2.45) is 0 Å². The third-order valence-electron chi connectivity index (χ3n) is 3.53. The monoisotopic (exact) mass is 248 g/mol. The Balaban J connectivity index is 2.23. The Morgan fingerprint density at radius 2 is 2.00 bits per heavy atom. The van der Waals surface area contributed by atoms with Crippen LogP contribution in [0.25, 0.3) is 0 Å². The molecule has 0 aromatic heterocycles. The van der Waals surface area contributed by atoms with Crippen LogP contribution in [0.15, 0.2) is 34.1 Å². The molecule has 0 bridgehead atoms. The largest absolute Gasteiger partial charge is 0.487 e. The average Bonchev–Trinajstić information content (AvgIpc) is 2.65. The summed E-state index contributed by atoms with van der Waals surface area (Å²) in [5.74, 6) is 0.843. The van der Waals surface area contributed by atoms with Crippen LogP contribution >= 0.6 is 11.8 Å². The fourth-order valence-corrected chi connectivity index (χ4v) is 3.71. The minimum absolute atomic E-state index is 0.113. The van der Waals surface area contributed by atoms with Gasteiger partial charge in [-0.05, 0) is 44.2 Å². The topological polar surface area (TPSA) is 43.4 Å². The number of allylic oxidation sites excluding steroid dienone is 2. The molecular formula is C13H12O3S. The van der Waals surface area contributed by atoms with E-state index in [0.717, 1.165) is 28.7 Å². The van der Waals surface area contributed by atoms with Gasteiger partial charge in [0, 0.05) is 23.1 Å². The van der Waals surface area contributed by atoms with Gasteiger partial charge in [0.15, 0.2) is 0 Å². The second-order valence-corrected chi connectivity index (χ2v) is 5.78. The summed E-state index contributed by atoms with van der Waals surface area (Å²) in [6, 6.07) is 0. The summed E-state index contributed by atoms with van der Waals surface area (Å²) in [5.41, 5.74) is 2.72. The van der Waals surface area contributed by atoms with Crippen LogP contribution in [-0.2, 0) is 14.3 Å². The molecule has 0 aromatic carbocycles. The SMILES string of the molecule is CC1=CC2=C(C)C3=C(C[C@]2(C)O1)C(=O)SC3=O. The van der Waals surface area contributed by atoms with E-state index in [1.54, 1.807) is 0 Å². The van der Waals surface area contributed by atoms with Crippen molar-refractivity contribution in [2.45, 2.75) is 32.8 Å². The Morgan fingerprint density at radius 1 is 1.29 bits per heavy atom. The average molecular weight is 248 g/mol. The van der Waals surface area contributed by atoms with E-state index in [1.165, 1.54) is 0 Å². The van der Waals surface area contributed by atoms with Crippen molar-refractivity contribution in [3.63, 3.8) is 0 Å². The maximum atomic E-state index is 11.8. The number of carbonyl (C=O) groups is 2. The number of carbonyl (C=O) groups excluding carboxylic acids is 2. The smallest absolute Gasteiger partial charge is 0.227 e. The first-order valence-corrected chi connectivity index (χ1v) is 6.33. The molecule has 0 unspecified atom stereocenters. The molecule has 0 amide bonds. The number of rotatable bonds is 0. The van der Waals surface area contributed by atoms with Gasteiger partial charge in [0.25, 0.3) is 0 Å². The maximum absolute atomic E-state index is 11.8. The molecule has 0 fully saturated rings. The van der Waals surface area contributed by atoms with Crippen LogP contribution in [0.3, 0.4) is 0 Å². The number of hydrogen-bond acceptors (Lipinski definition) is 4. The fourth-order valence-electron chi connectivity index (χ4n) is 2.87. The Kier molecular flexibility index (Phi) is 2.00. The van der Waals surface area contributed by atoms with Gasteiger partial charge in [0.1, 0.15) is 5.60 Å². The molecule has 4 heteroatoms. The van der Waals surface area contributed by atoms with Crippen molar-refractivity contribution < 1.29 is 14.3 Å². The van der Waals surface area contributed by atoms with Crippen LogP contribution in [0.2, 0.25) is 0 Å². The van der Waals surface area contributed by atoms with Crippen LogP contribution < -0.4 is 0 Å². The molecule has 0 spiro atoms. The number of fused-ring (bicyclic) bond motifs is 1. The minimum atomic E-state index is -0.464. The summed E-state index contributed by atoms with van der Waals surface area (Å²) in [4.78, 5) is 23.6. The second kappa shape index (κ2) is 3.13. The van der Waals surface area contributed by atoms with Gasteiger partial charge in [0.2, 0.25) is 10.2 Å². The normalized spacial score (nSPS) is 31.6. The molecule has 0 saturated heterocycles.